The fourth-order valence-electron chi connectivity index (χ4n) is 2.69. The summed E-state index contributed by atoms with van der Waals surface area (Å²) in [5.41, 5.74) is -0.445. The molecule has 2 aromatic carbocycles. The first-order valence-electron chi connectivity index (χ1n) is 8.51. The van der Waals surface area contributed by atoms with Crippen molar-refractivity contribution in [1.82, 2.24) is 9.97 Å². The lowest BCUT2D eigenvalue weighted by atomic mass is 10.1. The Morgan fingerprint density at radius 2 is 1.72 bits per heavy atom. The number of nitro groups is 1. The number of nitrogens with zero attached hydrogens (tertiary/aromatic N) is 3. The number of hydrogen-bond acceptors (Lipinski definition) is 6. The van der Waals surface area contributed by atoms with Crippen molar-refractivity contribution in [2.75, 3.05) is 10.6 Å². The van der Waals surface area contributed by atoms with Crippen molar-refractivity contribution >= 4 is 23.0 Å². The molecule has 10 heteroatoms. The van der Waals surface area contributed by atoms with E-state index in [-0.39, 0.29) is 23.4 Å². The molecule has 1 heterocycles. The van der Waals surface area contributed by atoms with Gasteiger partial charge in [0.05, 0.1) is 16.5 Å². The minimum atomic E-state index is -4.53. The van der Waals surface area contributed by atoms with Crippen LogP contribution in [-0.2, 0) is 6.18 Å². The summed E-state index contributed by atoms with van der Waals surface area (Å²) < 4.78 is 38.7. The van der Waals surface area contributed by atoms with E-state index in [4.69, 9.17) is 0 Å². The second-order valence-electron chi connectivity index (χ2n) is 6.16. The molecule has 1 atom stereocenters. The van der Waals surface area contributed by atoms with Crippen molar-refractivity contribution < 1.29 is 18.1 Å². The van der Waals surface area contributed by atoms with E-state index in [2.05, 4.69) is 20.6 Å². The first-order valence-corrected chi connectivity index (χ1v) is 8.51. The molecule has 7 nitrogen and oxygen atoms in total. The van der Waals surface area contributed by atoms with Crippen LogP contribution in [-0.4, -0.2) is 14.9 Å². The highest BCUT2D eigenvalue weighted by molar-refractivity contribution is 5.74. The lowest BCUT2D eigenvalue weighted by Gasteiger charge is -2.16. The second kappa shape index (κ2) is 8.13. The van der Waals surface area contributed by atoms with Crippen LogP contribution in [0.3, 0.4) is 0 Å². The van der Waals surface area contributed by atoms with Crippen LogP contribution in [0.1, 0.15) is 24.1 Å². The van der Waals surface area contributed by atoms with Gasteiger partial charge in [0.1, 0.15) is 6.33 Å². The summed E-state index contributed by atoms with van der Waals surface area (Å²) in [6.45, 7) is 1.81. The van der Waals surface area contributed by atoms with Crippen LogP contribution in [0.5, 0.6) is 0 Å². The number of hydrogen-bond donors (Lipinski definition) is 2. The molecule has 0 amide bonds. The summed E-state index contributed by atoms with van der Waals surface area (Å²) in [7, 11) is 0. The van der Waals surface area contributed by atoms with Gasteiger partial charge in [0.15, 0.2) is 0 Å². The Balaban J connectivity index is 1.92. The third kappa shape index (κ3) is 4.78. The highest BCUT2D eigenvalue weighted by Gasteiger charge is 2.31. The zero-order chi connectivity index (χ0) is 21.0. The summed E-state index contributed by atoms with van der Waals surface area (Å²) in [5, 5.41) is 17.2. The van der Waals surface area contributed by atoms with Gasteiger partial charge in [-0.15, -0.1) is 0 Å². The lowest BCUT2D eigenvalue weighted by molar-refractivity contribution is -0.383. The minimum Gasteiger partial charge on any atom is -0.358 e. The Morgan fingerprint density at radius 3 is 2.38 bits per heavy atom. The highest BCUT2D eigenvalue weighted by Crippen LogP contribution is 2.35. The minimum absolute atomic E-state index is 0.0173. The van der Waals surface area contributed by atoms with E-state index in [9.17, 15) is 23.3 Å². The SMILES string of the molecule is CC(Nc1ncnc(Nc2cccc(C(F)(F)F)c2)c1[N+](=O)[O-])c1ccccc1. The monoisotopic (exact) mass is 403 g/mol. The van der Waals surface area contributed by atoms with Crippen LogP contribution in [0.2, 0.25) is 0 Å². The maximum absolute atomic E-state index is 12.9. The number of rotatable bonds is 6. The third-order valence-corrected chi connectivity index (χ3v) is 4.11. The van der Waals surface area contributed by atoms with Gasteiger partial charge in [0.25, 0.3) is 0 Å². The number of nitrogens with one attached hydrogen (secondary N) is 2. The summed E-state index contributed by atoms with van der Waals surface area (Å²) in [5.74, 6) is -0.261. The molecule has 0 aliphatic carbocycles. The maximum atomic E-state index is 12.9. The average molecular weight is 403 g/mol. The molecular weight excluding hydrogens is 387 g/mol. The molecule has 0 fully saturated rings. The van der Waals surface area contributed by atoms with Gasteiger partial charge in [0.2, 0.25) is 11.6 Å². The lowest BCUT2D eigenvalue weighted by Crippen LogP contribution is -2.12. The van der Waals surface area contributed by atoms with Crippen LogP contribution in [0.15, 0.2) is 60.9 Å². The fourth-order valence-corrected chi connectivity index (χ4v) is 2.69. The molecule has 0 saturated carbocycles. The molecule has 0 spiro atoms. The molecule has 29 heavy (non-hydrogen) atoms. The normalized spacial score (nSPS) is 12.3. The Labute approximate surface area is 163 Å². The Bertz CT molecular complexity index is 1010. The predicted molar refractivity (Wildman–Crippen MR) is 102 cm³/mol. The third-order valence-electron chi connectivity index (χ3n) is 4.11. The smallest absolute Gasteiger partial charge is 0.358 e. The second-order valence-corrected chi connectivity index (χ2v) is 6.16. The van der Waals surface area contributed by atoms with Crippen LogP contribution in [0, 0.1) is 10.1 Å². The van der Waals surface area contributed by atoms with Crippen molar-refractivity contribution in [3.63, 3.8) is 0 Å². The molecule has 1 unspecified atom stereocenters. The number of alkyl halides is 3. The predicted octanol–water partition coefficient (Wildman–Crippen LogP) is 5.32. The van der Waals surface area contributed by atoms with Gasteiger partial charge in [-0.2, -0.15) is 13.2 Å². The largest absolute Gasteiger partial charge is 0.416 e. The molecule has 150 valence electrons. The average Bonchev–Trinajstić information content (AvgIpc) is 2.68. The molecule has 0 aliphatic heterocycles. The fraction of sp³-hybridized carbons (Fsp3) is 0.158. The van der Waals surface area contributed by atoms with E-state index >= 15 is 0 Å². The summed E-state index contributed by atoms with van der Waals surface area (Å²) in [6, 6.07) is 13.3. The van der Waals surface area contributed by atoms with E-state index in [1.165, 1.54) is 12.1 Å². The topological polar surface area (TPSA) is 93.0 Å². The van der Waals surface area contributed by atoms with E-state index in [1.807, 2.05) is 30.3 Å². The van der Waals surface area contributed by atoms with Gasteiger partial charge in [-0.25, -0.2) is 9.97 Å². The Morgan fingerprint density at radius 1 is 1.03 bits per heavy atom. The van der Waals surface area contributed by atoms with Crippen LogP contribution >= 0.6 is 0 Å². The zero-order valence-electron chi connectivity index (χ0n) is 15.1. The highest BCUT2D eigenvalue weighted by atomic mass is 19.4. The quantitative estimate of drug-likeness (QED) is 0.427. The van der Waals surface area contributed by atoms with Gasteiger partial charge in [-0.1, -0.05) is 36.4 Å². The number of halogens is 3. The van der Waals surface area contributed by atoms with Crippen LogP contribution < -0.4 is 10.6 Å². The van der Waals surface area contributed by atoms with Crippen molar-refractivity contribution in [3.05, 3.63) is 82.2 Å². The van der Waals surface area contributed by atoms with E-state index in [0.29, 0.717) is 0 Å². The first-order chi connectivity index (χ1) is 13.8. The molecule has 3 rings (SSSR count). The van der Waals surface area contributed by atoms with Gasteiger partial charge in [-0.3, -0.25) is 10.1 Å². The first kappa shape index (κ1) is 20.1. The molecule has 0 radical (unpaired) electrons. The number of anilines is 3. The molecule has 0 saturated heterocycles. The molecular formula is C19H16F3N5O2. The van der Waals surface area contributed by atoms with Crippen molar-refractivity contribution in [2.24, 2.45) is 0 Å². The van der Waals surface area contributed by atoms with Crippen molar-refractivity contribution in [2.45, 2.75) is 19.1 Å². The van der Waals surface area contributed by atoms with Gasteiger partial charge in [0, 0.05) is 5.69 Å². The zero-order valence-corrected chi connectivity index (χ0v) is 15.1. The molecule has 0 bridgehead atoms. The maximum Gasteiger partial charge on any atom is 0.416 e. The van der Waals surface area contributed by atoms with E-state index in [0.717, 1.165) is 24.0 Å². The Hall–Kier alpha value is -3.69. The van der Waals surface area contributed by atoms with Gasteiger partial charge < -0.3 is 10.6 Å². The standard InChI is InChI=1S/C19H16F3N5O2/c1-12(13-6-3-2-4-7-13)25-17-16(27(28)29)18(24-11-23-17)26-15-9-5-8-14(10-15)19(20,21)22/h2-12H,1H3,(H2,23,24,25,26). The Kier molecular flexibility index (Phi) is 5.62. The molecule has 0 aliphatic rings. The summed E-state index contributed by atoms with van der Waals surface area (Å²) in [6.07, 6.45) is -3.43. The molecule has 3 aromatic rings. The van der Waals surface area contributed by atoms with Crippen molar-refractivity contribution in [3.8, 4) is 0 Å². The van der Waals surface area contributed by atoms with Gasteiger partial charge in [-0.05, 0) is 30.7 Å². The van der Waals surface area contributed by atoms with E-state index < -0.39 is 22.4 Å². The summed E-state index contributed by atoms with van der Waals surface area (Å²) in [4.78, 5) is 18.7. The van der Waals surface area contributed by atoms with Crippen molar-refractivity contribution in [1.29, 1.82) is 0 Å². The number of aromatic nitrogens is 2. The van der Waals surface area contributed by atoms with E-state index in [1.54, 1.807) is 6.92 Å². The molecule has 2 N–H and O–H groups in total. The summed E-state index contributed by atoms with van der Waals surface area (Å²) >= 11 is 0. The van der Waals surface area contributed by atoms with Crippen LogP contribution in [0.25, 0.3) is 0 Å². The molecule has 1 aromatic heterocycles. The van der Waals surface area contributed by atoms with Crippen LogP contribution in [0.4, 0.5) is 36.2 Å². The number of benzene rings is 2. The van der Waals surface area contributed by atoms with Gasteiger partial charge >= 0.3 is 11.9 Å².